The van der Waals surface area contributed by atoms with Crippen LogP contribution in [0.1, 0.15) is 56.3 Å². The zero-order chi connectivity index (χ0) is 27.6. The fourth-order valence-electron chi connectivity index (χ4n) is 5.67. The summed E-state index contributed by atoms with van der Waals surface area (Å²) in [6, 6.07) is 11.4. The van der Waals surface area contributed by atoms with Crippen molar-refractivity contribution in [3.05, 3.63) is 60.6 Å². The van der Waals surface area contributed by atoms with Crippen molar-refractivity contribution in [2.24, 2.45) is 11.8 Å². The highest BCUT2D eigenvalue weighted by atomic mass is 16.5. The van der Waals surface area contributed by atoms with Gasteiger partial charge in [0.05, 0.1) is 30.6 Å². The molecule has 40 heavy (non-hydrogen) atoms. The van der Waals surface area contributed by atoms with E-state index in [9.17, 15) is 9.59 Å². The summed E-state index contributed by atoms with van der Waals surface area (Å²) in [5, 5.41) is 9.43. The van der Waals surface area contributed by atoms with Gasteiger partial charge in [-0.25, -0.2) is 19.0 Å². The third kappa shape index (κ3) is 5.11. The number of aromatic nitrogens is 5. The second-order valence-electron chi connectivity index (χ2n) is 10.7. The number of esters is 1. The molecule has 1 unspecified atom stereocenters. The number of hydrogen-bond acceptors (Lipinski definition) is 7. The first-order chi connectivity index (χ1) is 19.5. The lowest BCUT2D eigenvalue weighted by atomic mass is 9.82. The van der Waals surface area contributed by atoms with Crippen LogP contribution in [0.15, 0.2) is 55.0 Å². The van der Waals surface area contributed by atoms with E-state index in [-0.39, 0.29) is 30.0 Å². The van der Waals surface area contributed by atoms with Crippen molar-refractivity contribution in [2.45, 2.75) is 52.0 Å². The van der Waals surface area contributed by atoms with Crippen molar-refractivity contribution in [1.29, 1.82) is 0 Å². The number of carbonyl (C=O) groups excluding carboxylic acids is 2. The van der Waals surface area contributed by atoms with Gasteiger partial charge in [-0.05, 0) is 63.1 Å². The van der Waals surface area contributed by atoms with Crippen LogP contribution in [0.4, 0.5) is 5.82 Å². The van der Waals surface area contributed by atoms with E-state index in [1.807, 2.05) is 42.6 Å². The molecule has 1 aromatic carbocycles. The van der Waals surface area contributed by atoms with Gasteiger partial charge in [-0.3, -0.25) is 9.69 Å². The van der Waals surface area contributed by atoms with Gasteiger partial charge < -0.3 is 9.47 Å². The molecule has 1 aliphatic carbocycles. The molecule has 0 N–H and O–H groups in total. The van der Waals surface area contributed by atoms with Crippen molar-refractivity contribution in [3.8, 4) is 16.9 Å². The van der Waals surface area contributed by atoms with Gasteiger partial charge in [0.25, 0.3) is 0 Å². The Morgan fingerprint density at radius 3 is 2.60 bits per heavy atom. The largest absolute Gasteiger partial charge is 0.462 e. The first kappa shape index (κ1) is 26.2. The van der Waals surface area contributed by atoms with Crippen LogP contribution in [0.5, 0.6) is 0 Å². The molecule has 0 radical (unpaired) electrons. The minimum absolute atomic E-state index is 0.0222. The van der Waals surface area contributed by atoms with Crippen LogP contribution in [-0.2, 0) is 14.3 Å². The molecule has 1 saturated carbocycles. The first-order valence-corrected chi connectivity index (χ1v) is 14.1. The smallest absolute Gasteiger partial charge is 0.343 e. The zero-order valence-electron chi connectivity index (χ0n) is 22.9. The van der Waals surface area contributed by atoms with Crippen molar-refractivity contribution in [3.63, 3.8) is 0 Å². The summed E-state index contributed by atoms with van der Waals surface area (Å²) < 4.78 is 14.5. The Morgan fingerprint density at radius 1 is 1.10 bits per heavy atom. The summed E-state index contributed by atoms with van der Waals surface area (Å²) in [5.74, 6) is 0.409. The average Bonchev–Trinajstić information content (AvgIpc) is 3.74. The normalized spacial score (nSPS) is 21.0. The molecule has 0 bridgehead atoms. The maximum Gasteiger partial charge on any atom is 0.343 e. The number of benzene rings is 1. The molecule has 1 amide bonds. The Morgan fingerprint density at radius 2 is 1.90 bits per heavy atom. The van der Waals surface area contributed by atoms with Crippen LogP contribution in [0.25, 0.3) is 22.6 Å². The quantitative estimate of drug-likeness (QED) is 0.312. The van der Waals surface area contributed by atoms with Crippen LogP contribution >= 0.6 is 0 Å². The highest BCUT2D eigenvalue weighted by Gasteiger charge is 2.38. The van der Waals surface area contributed by atoms with Crippen molar-refractivity contribution in [1.82, 2.24) is 24.4 Å². The van der Waals surface area contributed by atoms with E-state index < -0.39 is 5.97 Å². The van der Waals surface area contributed by atoms with Crippen molar-refractivity contribution in [2.75, 3.05) is 24.7 Å². The molecule has 0 spiro atoms. The Balaban J connectivity index is 1.35. The molecule has 4 heterocycles. The fraction of sp³-hybridized carbons (Fsp3) is 0.433. The average molecular weight is 543 g/mol. The summed E-state index contributed by atoms with van der Waals surface area (Å²) in [5.41, 5.74) is 3.54. The van der Waals surface area contributed by atoms with Gasteiger partial charge in [0, 0.05) is 42.7 Å². The first-order valence-electron chi connectivity index (χ1n) is 14.1. The monoisotopic (exact) mass is 542 g/mol. The maximum atomic E-state index is 14.0. The van der Waals surface area contributed by atoms with Gasteiger partial charge in [0.1, 0.15) is 5.56 Å². The second-order valence-corrected chi connectivity index (χ2v) is 10.7. The van der Waals surface area contributed by atoms with Gasteiger partial charge in [-0.1, -0.05) is 19.1 Å². The summed E-state index contributed by atoms with van der Waals surface area (Å²) >= 11 is 0. The van der Waals surface area contributed by atoms with Crippen molar-refractivity contribution < 1.29 is 19.1 Å². The minimum atomic E-state index is -0.494. The number of ether oxygens (including phenoxy) is 2. The Kier molecular flexibility index (Phi) is 7.34. The van der Waals surface area contributed by atoms with E-state index in [0.717, 1.165) is 48.3 Å². The van der Waals surface area contributed by atoms with E-state index in [2.05, 4.69) is 17.0 Å². The highest BCUT2D eigenvalue weighted by molar-refractivity contribution is 6.02. The predicted octanol–water partition coefficient (Wildman–Crippen LogP) is 4.71. The van der Waals surface area contributed by atoms with Gasteiger partial charge in [-0.2, -0.15) is 5.10 Å². The number of rotatable bonds is 7. The van der Waals surface area contributed by atoms with Crippen molar-refractivity contribution >= 4 is 23.3 Å². The summed E-state index contributed by atoms with van der Waals surface area (Å²) in [4.78, 5) is 33.2. The predicted molar refractivity (Wildman–Crippen MR) is 149 cm³/mol. The van der Waals surface area contributed by atoms with E-state index in [1.54, 1.807) is 33.4 Å². The summed E-state index contributed by atoms with van der Waals surface area (Å²) in [6.07, 6.45) is 9.71. The second kappa shape index (κ2) is 11.2. The molecular weight excluding hydrogens is 508 g/mol. The van der Waals surface area contributed by atoms with E-state index in [4.69, 9.17) is 14.6 Å². The molecule has 208 valence electrons. The molecule has 10 nitrogen and oxygen atoms in total. The van der Waals surface area contributed by atoms with Crippen LogP contribution in [0.3, 0.4) is 0 Å². The van der Waals surface area contributed by atoms with Gasteiger partial charge in [-0.15, -0.1) is 5.10 Å². The molecule has 6 rings (SSSR count). The number of anilines is 1. The lowest BCUT2D eigenvalue weighted by Crippen LogP contribution is -2.46. The molecule has 2 aliphatic rings. The number of carbonyl (C=O) groups is 2. The highest BCUT2D eigenvalue weighted by Crippen LogP contribution is 2.34. The molecule has 2 fully saturated rings. The maximum absolute atomic E-state index is 14.0. The lowest BCUT2D eigenvalue weighted by Gasteiger charge is -2.33. The fourth-order valence-corrected chi connectivity index (χ4v) is 5.67. The molecule has 3 aromatic heterocycles. The van der Waals surface area contributed by atoms with Crippen LogP contribution in [0.2, 0.25) is 0 Å². The Labute approximate surface area is 232 Å². The molecule has 10 heteroatoms. The van der Waals surface area contributed by atoms with E-state index in [0.29, 0.717) is 31.4 Å². The standard InChI is InChI=1S/C30H34N6O4/c1-3-40-30(38)25-18-35(23-11-9-21(10-12-23)26-17-27-31-14-4-15-34(27)32-26)33-28(25)36(24-13-16-39-19-24)29(37)22-7-5-20(2)6-8-22/h4,9-12,14-15,17-18,20,22,24H,3,5-8,13,16,19H2,1-2H3/t20-,22-,24?. The molecule has 1 saturated heterocycles. The Bertz CT molecular complexity index is 1460. The summed E-state index contributed by atoms with van der Waals surface area (Å²) in [6.45, 7) is 5.23. The molecule has 1 aliphatic heterocycles. The van der Waals surface area contributed by atoms with Crippen LogP contribution < -0.4 is 4.90 Å². The number of amides is 1. The SMILES string of the molecule is CCOC(=O)c1cn(-c2ccc(-c3cc4ncccn4n3)cc2)nc1N(C(=O)[C@H]1CC[C@H](C)CC1)C1CCOC1. The number of hydrogen-bond donors (Lipinski definition) is 0. The van der Waals surface area contributed by atoms with Gasteiger partial charge >= 0.3 is 5.97 Å². The van der Waals surface area contributed by atoms with Crippen LogP contribution in [0, 0.1) is 11.8 Å². The van der Waals surface area contributed by atoms with E-state index in [1.165, 1.54) is 0 Å². The van der Waals surface area contributed by atoms with Gasteiger partial charge in [0.2, 0.25) is 5.91 Å². The zero-order valence-corrected chi connectivity index (χ0v) is 22.9. The van der Waals surface area contributed by atoms with E-state index >= 15 is 0 Å². The summed E-state index contributed by atoms with van der Waals surface area (Å²) in [7, 11) is 0. The topological polar surface area (TPSA) is 104 Å². The molecule has 4 aromatic rings. The molecule has 1 atom stereocenters. The van der Waals surface area contributed by atoms with Gasteiger partial charge in [0.15, 0.2) is 11.5 Å². The Hall–Kier alpha value is -4.05. The number of nitrogens with zero attached hydrogens (tertiary/aromatic N) is 6. The minimum Gasteiger partial charge on any atom is -0.462 e. The molecular formula is C30H34N6O4. The van der Waals surface area contributed by atoms with Crippen LogP contribution in [-0.4, -0.2) is 62.1 Å². The lowest BCUT2D eigenvalue weighted by molar-refractivity contribution is -0.124. The third-order valence-electron chi connectivity index (χ3n) is 7.96. The number of fused-ring (bicyclic) bond motifs is 1. The third-order valence-corrected chi connectivity index (χ3v) is 7.96.